The third-order valence-corrected chi connectivity index (χ3v) is 6.74. The van der Waals surface area contributed by atoms with Gasteiger partial charge in [-0.3, -0.25) is 9.48 Å². The van der Waals surface area contributed by atoms with Crippen molar-refractivity contribution in [3.05, 3.63) is 52.5 Å². The number of nitrogens with one attached hydrogen (secondary N) is 2. The number of fused-ring (bicyclic) bond motifs is 1. The summed E-state index contributed by atoms with van der Waals surface area (Å²) < 4.78 is 2.02. The SMILES string of the molecule is CC[NH+]1CCC[C@@H]1CNC(=O)c1cc2c(C)nn(Cc3ccccc3)c2s1. The van der Waals surface area contributed by atoms with E-state index in [1.165, 1.54) is 24.9 Å². The van der Waals surface area contributed by atoms with Gasteiger partial charge >= 0.3 is 0 Å². The van der Waals surface area contributed by atoms with Gasteiger partial charge in [0.2, 0.25) is 0 Å². The monoisotopic (exact) mass is 383 g/mol. The Bertz CT molecular complexity index is 930. The lowest BCUT2D eigenvalue weighted by atomic mass is 10.2. The molecule has 0 radical (unpaired) electrons. The van der Waals surface area contributed by atoms with Crippen LogP contribution in [0.2, 0.25) is 0 Å². The van der Waals surface area contributed by atoms with Crippen LogP contribution in [0.5, 0.6) is 0 Å². The largest absolute Gasteiger partial charge is 0.345 e. The molecule has 6 heteroatoms. The fourth-order valence-electron chi connectivity index (χ4n) is 4.09. The second-order valence-electron chi connectivity index (χ2n) is 7.37. The van der Waals surface area contributed by atoms with E-state index in [9.17, 15) is 4.79 Å². The molecule has 1 unspecified atom stereocenters. The van der Waals surface area contributed by atoms with Crippen LogP contribution in [-0.4, -0.2) is 41.4 Å². The molecular formula is C21H27N4OS+. The molecule has 0 aliphatic carbocycles. The molecule has 0 spiro atoms. The van der Waals surface area contributed by atoms with Gasteiger partial charge < -0.3 is 10.2 Å². The molecule has 1 aromatic carbocycles. The van der Waals surface area contributed by atoms with Gasteiger partial charge in [-0.2, -0.15) is 5.10 Å². The number of rotatable bonds is 6. The van der Waals surface area contributed by atoms with E-state index >= 15 is 0 Å². The number of likely N-dealkylation sites (tertiary alicyclic amines) is 1. The zero-order valence-corrected chi connectivity index (χ0v) is 16.8. The number of nitrogens with zero attached hydrogens (tertiary/aromatic N) is 2. The number of carbonyl (C=O) groups excluding carboxylic acids is 1. The molecule has 5 nitrogen and oxygen atoms in total. The summed E-state index contributed by atoms with van der Waals surface area (Å²) in [6.45, 7) is 8.10. The molecule has 2 aromatic heterocycles. The lowest BCUT2D eigenvalue weighted by molar-refractivity contribution is -0.909. The first-order valence-electron chi connectivity index (χ1n) is 9.79. The van der Waals surface area contributed by atoms with Crippen molar-refractivity contribution in [3.8, 4) is 0 Å². The third kappa shape index (κ3) is 3.77. The minimum absolute atomic E-state index is 0.0456. The van der Waals surface area contributed by atoms with Crippen molar-refractivity contribution < 1.29 is 9.69 Å². The molecule has 0 bridgehead atoms. The summed E-state index contributed by atoms with van der Waals surface area (Å²) in [5, 5.41) is 8.92. The van der Waals surface area contributed by atoms with Gasteiger partial charge in [0.25, 0.3) is 5.91 Å². The Kier molecular flexibility index (Phi) is 5.27. The Morgan fingerprint density at radius 3 is 2.96 bits per heavy atom. The second-order valence-corrected chi connectivity index (χ2v) is 8.40. The fourth-order valence-corrected chi connectivity index (χ4v) is 5.16. The zero-order chi connectivity index (χ0) is 18.8. The van der Waals surface area contributed by atoms with E-state index in [0.717, 1.165) is 40.4 Å². The smallest absolute Gasteiger partial charge is 0.261 e. The number of thiophene rings is 1. The minimum Gasteiger partial charge on any atom is -0.345 e. The Morgan fingerprint density at radius 1 is 1.37 bits per heavy atom. The van der Waals surface area contributed by atoms with Crippen LogP contribution in [0.15, 0.2) is 36.4 Å². The topological polar surface area (TPSA) is 51.4 Å². The fraction of sp³-hybridized carbons (Fsp3) is 0.429. The molecule has 0 saturated carbocycles. The van der Waals surface area contributed by atoms with Crippen molar-refractivity contribution in [2.45, 2.75) is 39.3 Å². The molecular weight excluding hydrogens is 356 g/mol. The lowest BCUT2D eigenvalue weighted by Crippen LogP contribution is -3.14. The quantitative estimate of drug-likeness (QED) is 0.686. The Morgan fingerprint density at radius 2 is 2.19 bits per heavy atom. The normalized spacial score (nSPS) is 19.6. The Balaban J connectivity index is 1.49. The zero-order valence-electron chi connectivity index (χ0n) is 16.0. The highest BCUT2D eigenvalue weighted by molar-refractivity contribution is 7.20. The van der Waals surface area contributed by atoms with Crippen LogP contribution >= 0.6 is 11.3 Å². The van der Waals surface area contributed by atoms with Gasteiger partial charge in [0, 0.05) is 18.2 Å². The van der Waals surface area contributed by atoms with Crippen molar-refractivity contribution in [3.63, 3.8) is 0 Å². The number of hydrogen-bond acceptors (Lipinski definition) is 3. The molecule has 1 aliphatic heterocycles. The predicted molar refractivity (Wildman–Crippen MR) is 110 cm³/mol. The second kappa shape index (κ2) is 7.82. The number of likely N-dealkylation sites (N-methyl/N-ethyl adjacent to an activating group) is 1. The highest BCUT2D eigenvalue weighted by Crippen LogP contribution is 2.28. The van der Waals surface area contributed by atoms with Crippen molar-refractivity contribution in [1.82, 2.24) is 15.1 Å². The first-order chi connectivity index (χ1) is 13.2. The van der Waals surface area contributed by atoms with Crippen LogP contribution in [0.25, 0.3) is 10.2 Å². The molecule has 142 valence electrons. The summed E-state index contributed by atoms with van der Waals surface area (Å²) in [4.78, 5) is 16.2. The van der Waals surface area contributed by atoms with Gasteiger partial charge in [-0.05, 0) is 25.5 Å². The molecule has 27 heavy (non-hydrogen) atoms. The van der Waals surface area contributed by atoms with Gasteiger partial charge in [0.1, 0.15) is 10.9 Å². The Hall–Kier alpha value is -2.18. The number of amides is 1. The Labute approximate surface area is 164 Å². The minimum atomic E-state index is 0.0456. The molecule has 1 amide bonds. The van der Waals surface area contributed by atoms with E-state index in [2.05, 4.69) is 29.5 Å². The molecule has 1 saturated heterocycles. The molecule has 2 N–H and O–H groups in total. The number of carbonyl (C=O) groups is 1. The van der Waals surface area contributed by atoms with Gasteiger partial charge in [-0.25, -0.2) is 0 Å². The van der Waals surface area contributed by atoms with Gasteiger partial charge in [0.15, 0.2) is 0 Å². The van der Waals surface area contributed by atoms with E-state index in [1.54, 1.807) is 16.2 Å². The van der Waals surface area contributed by atoms with Crippen molar-refractivity contribution in [2.75, 3.05) is 19.6 Å². The summed E-state index contributed by atoms with van der Waals surface area (Å²) >= 11 is 1.54. The molecule has 1 aliphatic rings. The summed E-state index contributed by atoms with van der Waals surface area (Å²) in [6, 6.07) is 12.9. The van der Waals surface area contributed by atoms with Crippen LogP contribution in [-0.2, 0) is 6.54 Å². The molecule has 3 heterocycles. The van der Waals surface area contributed by atoms with Crippen molar-refractivity contribution >= 4 is 27.5 Å². The summed E-state index contributed by atoms with van der Waals surface area (Å²) in [5.74, 6) is 0.0456. The first kappa shape index (κ1) is 18.2. The van der Waals surface area contributed by atoms with E-state index in [0.29, 0.717) is 6.04 Å². The predicted octanol–water partition coefficient (Wildman–Crippen LogP) is 2.25. The van der Waals surface area contributed by atoms with Crippen LogP contribution < -0.4 is 10.2 Å². The van der Waals surface area contributed by atoms with Crippen LogP contribution in [0.1, 0.15) is 40.7 Å². The van der Waals surface area contributed by atoms with Crippen LogP contribution in [0.3, 0.4) is 0 Å². The van der Waals surface area contributed by atoms with E-state index in [-0.39, 0.29) is 5.91 Å². The maximum Gasteiger partial charge on any atom is 0.261 e. The maximum absolute atomic E-state index is 12.7. The summed E-state index contributed by atoms with van der Waals surface area (Å²) in [6.07, 6.45) is 2.47. The first-order valence-corrected chi connectivity index (χ1v) is 10.6. The van der Waals surface area contributed by atoms with Crippen LogP contribution in [0.4, 0.5) is 0 Å². The van der Waals surface area contributed by atoms with Gasteiger partial charge in [0.05, 0.1) is 36.8 Å². The summed E-state index contributed by atoms with van der Waals surface area (Å²) in [7, 11) is 0. The van der Waals surface area contributed by atoms with E-state index in [4.69, 9.17) is 0 Å². The van der Waals surface area contributed by atoms with Gasteiger partial charge in [-0.15, -0.1) is 11.3 Å². The average Bonchev–Trinajstić information content (AvgIpc) is 3.38. The standard InChI is InChI=1S/C21H26N4OS/c1-3-24-11-7-10-17(24)13-22-20(26)19-12-18-15(2)23-25(21(18)27-19)14-16-8-5-4-6-9-16/h4-6,8-9,12,17H,3,7,10-11,13-14H2,1-2H3,(H,22,26)/p+1/t17-/m1/s1. The number of hydrogen-bond donors (Lipinski definition) is 2. The number of aromatic nitrogens is 2. The van der Waals surface area contributed by atoms with Crippen molar-refractivity contribution in [1.29, 1.82) is 0 Å². The lowest BCUT2D eigenvalue weighted by Gasteiger charge is -2.19. The highest BCUT2D eigenvalue weighted by Gasteiger charge is 2.27. The third-order valence-electron chi connectivity index (χ3n) is 5.60. The van der Waals surface area contributed by atoms with Crippen LogP contribution in [0, 0.1) is 6.92 Å². The van der Waals surface area contributed by atoms with Gasteiger partial charge in [-0.1, -0.05) is 30.3 Å². The maximum atomic E-state index is 12.7. The number of benzene rings is 1. The summed E-state index contributed by atoms with van der Waals surface area (Å²) in [5.41, 5.74) is 2.19. The number of quaternary nitrogens is 1. The molecule has 1 fully saturated rings. The molecule has 3 aromatic rings. The molecule has 4 rings (SSSR count). The molecule has 2 atom stereocenters. The average molecular weight is 384 g/mol. The number of aryl methyl sites for hydroxylation is 1. The van der Waals surface area contributed by atoms with E-state index in [1.807, 2.05) is 35.9 Å². The van der Waals surface area contributed by atoms with E-state index < -0.39 is 0 Å². The highest BCUT2D eigenvalue weighted by atomic mass is 32.1. The van der Waals surface area contributed by atoms with Crippen molar-refractivity contribution in [2.24, 2.45) is 0 Å².